The Hall–Kier alpha value is -1.50. The van der Waals surface area contributed by atoms with Crippen LogP contribution in [0.15, 0.2) is 5.38 Å². The average molecular weight is 285 g/mol. The standard InChI is InChI=1S/C12H19N3O3S/c1-2-3-4-5-6-7-8-18-12(17)13-11(16)10-9-19-15-14-10/h9H,2-8H2,1H3,(H,13,16,17). The summed E-state index contributed by atoms with van der Waals surface area (Å²) in [7, 11) is 0. The monoisotopic (exact) mass is 285 g/mol. The van der Waals surface area contributed by atoms with Crippen molar-refractivity contribution < 1.29 is 14.3 Å². The van der Waals surface area contributed by atoms with E-state index < -0.39 is 12.0 Å². The summed E-state index contributed by atoms with van der Waals surface area (Å²) in [5, 5.41) is 7.12. The summed E-state index contributed by atoms with van der Waals surface area (Å²) in [6, 6.07) is 0. The van der Waals surface area contributed by atoms with Gasteiger partial charge in [0.25, 0.3) is 5.91 Å². The highest BCUT2D eigenvalue weighted by atomic mass is 32.1. The Kier molecular flexibility index (Phi) is 7.72. The molecule has 0 unspecified atom stereocenters. The maximum absolute atomic E-state index is 11.4. The number of hydrogen-bond acceptors (Lipinski definition) is 6. The van der Waals surface area contributed by atoms with Crippen LogP contribution in [-0.4, -0.2) is 28.2 Å². The molecule has 0 atom stereocenters. The number of amides is 2. The molecule has 106 valence electrons. The van der Waals surface area contributed by atoms with Gasteiger partial charge in [0.05, 0.1) is 6.61 Å². The van der Waals surface area contributed by atoms with E-state index in [1.165, 1.54) is 24.6 Å². The van der Waals surface area contributed by atoms with E-state index in [0.29, 0.717) is 6.61 Å². The van der Waals surface area contributed by atoms with Crippen molar-refractivity contribution in [1.29, 1.82) is 0 Å². The van der Waals surface area contributed by atoms with Crippen LogP contribution in [0.1, 0.15) is 55.9 Å². The number of carbonyl (C=O) groups excluding carboxylic acids is 2. The van der Waals surface area contributed by atoms with Crippen molar-refractivity contribution >= 4 is 23.5 Å². The van der Waals surface area contributed by atoms with Crippen LogP contribution < -0.4 is 5.32 Å². The Balaban J connectivity index is 2.04. The molecule has 0 radical (unpaired) electrons. The van der Waals surface area contributed by atoms with Gasteiger partial charge in [-0.05, 0) is 18.0 Å². The van der Waals surface area contributed by atoms with E-state index in [4.69, 9.17) is 4.74 Å². The second kappa shape index (κ2) is 9.43. The minimum Gasteiger partial charge on any atom is -0.449 e. The predicted molar refractivity (Wildman–Crippen MR) is 72.1 cm³/mol. The van der Waals surface area contributed by atoms with Gasteiger partial charge in [0.1, 0.15) is 0 Å². The van der Waals surface area contributed by atoms with Crippen LogP contribution >= 0.6 is 11.5 Å². The smallest absolute Gasteiger partial charge is 0.414 e. The molecule has 0 aliphatic rings. The zero-order valence-corrected chi connectivity index (χ0v) is 11.9. The predicted octanol–water partition coefficient (Wildman–Crippen LogP) is 2.77. The number of carbonyl (C=O) groups is 2. The third kappa shape index (κ3) is 6.85. The number of rotatable bonds is 8. The molecule has 19 heavy (non-hydrogen) atoms. The first-order valence-electron chi connectivity index (χ1n) is 6.49. The fourth-order valence-electron chi connectivity index (χ4n) is 1.50. The largest absolute Gasteiger partial charge is 0.449 e. The van der Waals surface area contributed by atoms with Gasteiger partial charge >= 0.3 is 6.09 Å². The number of aromatic nitrogens is 2. The molecule has 2 amide bonds. The molecule has 6 nitrogen and oxygen atoms in total. The molecule has 0 fully saturated rings. The Labute approximate surface area is 116 Å². The first-order chi connectivity index (χ1) is 9.24. The first kappa shape index (κ1) is 15.6. The number of imide groups is 1. The minimum atomic E-state index is -0.730. The lowest BCUT2D eigenvalue weighted by molar-refractivity contribution is 0.0913. The van der Waals surface area contributed by atoms with Crippen molar-refractivity contribution in [2.75, 3.05) is 6.61 Å². The molecule has 0 spiro atoms. The molecule has 0 aliphatic carbocycles. The lowest BCUT2D eigenvalue weighted by atomic mass is 10.1. The Morgan fingerprint density at radius 3 is 2.68 bits per heavy atom. The molecule has 0 aromatic carbocycles. The summed E-state index contributed by atoms with van der Waals surface area (Å²) in [5.74, 6) is -0.582. The number of alkyl carbamates (subject to hydrolysis) is 1. The van der Waals surface area contributed by atoms with Crippen LogP contribution in [0.25, 0.3) is 0 Å². The first-order valence-corrected chi connectivity index (χ1v) is 7.33. The van der Waals surface area contributed by atoms with Gasteiger partial charge in [-0.2, -0.15) is 0 Å². The number of nitrogens with one attached hydrogen (secondary N) is 1. The van der Waals surface area contributed by atoms with E-state index in [1.807, 2.05) is 0 Å². The second-order valence-electron chi connectivity index (χ2n) is 4.15. The molecule has 7 heteroatoms. The fourth-order valence-corrected chi connectivity index (χ4v) is 1.94. The van der Waals surface area contributed by atoms with Gasteiger partial charge in [0.2, 0.25) is 0 Å². The maximum Gasteiger partial charge on any atom is 0.414 e. The molecular formula is C12H19N3O3S. The van der Waals surface area contributed by atoms with Crippen molar-refractivity contribution in [2.45, 2.75) is 45.4 Å². The lowest BCUT2D eigenvalue weighted by Crippen LogP contribution is -2.31. The summed E-state index contributed by atoms with van der Waals surface area (Å²) in [6.45, 7) is 2.50. The molecule has 0 bridgehead atoms. The highest BCUT2D eigenvalue weighted by Gasteiger charge is 2.13. The van der Waals surface area contributed by atoms with Gasteiger partial charge in [-0.15, -0.1) is 5.10 Å². The van der Waals surface area contributed by atoms with Crippen molar-refractivity contribution in [2.24, 2.45) is 0 Å². The quantitative estimate of drug-likeness (QED) is 0.743. The van der Waals surface area contributed by atoms with Crippen molar-refractivity contribution in [1.82, 2.24) is 14.9 Å². The lowest BCUT2D eigenvalue weighted by Gasteiger charge is -2.04. The second-order valence-corrected chi connectivity index (χ2v) is 4.76. The van der Waals surface area contributed by atoms with E-state index >= 15 is 0 Å². The van der Waals surface area contributed by atoms with Gasteiger partial charge in [0, 0.05) is 5.38 Å². The number of ether oxygens (including phenoxy) is 1. The summed E-state index contributed by atoms with van der Waals surface area (Å²) in [5.41, 5.74) is 0.126. The highest BCUT2D eigenvalue weighted by Crippen LogP contribution is 2.05. The van der Waals surface area contributed by atoms with Crippen LogP contribution in [0.2, 0.25) is 0 Å². The van der Waals surface area contributed by atoms with Gasteiger partial charge in [-0.3, -0.25) is 10.1 Å². The summed E-state index contributed by atoms with van der Waals surface area (Å²) in [6.07, 6.45) is 5.97. The molecule has 0 saturated carbocycles. The third-order valence-electron chi connectivity index (χ3n) is 2.54. The van der Waals surface area contributed by atoms with Gasteiger partial charge < -0.3 is 4.74 Å². The molecule has 1 rings (SSSR count). The zero-order valence-electron chi connectivity index (χ0n) is 11.1. The fraction of sp³-hybridized carbons (Fsp3) is 0.667. The van der Waals surface area contributed by atoms with Crippen molar-refractivity contribution in [3.05, 3.63) is 11.1 Å². The maximum atomic E-state index is 11.4. The SMILES string of the molecule is CCCCCCCCOC(=O)NC(=O)c1csnn1. The van der Waals surface area contributed by atoms with Crippen LogP contribution in [-0.2, 0) is 4.74 Å². The number of unbranched alkanes of at least 4 members (excludes halogenated alkanes) is 5. The van der Waals surface area contributed by atoms with Crippen molar-refractivity contribution in [3.63, 3.8) is 0 Å². The molecule has 0 aliphatic heterocycles. The van der Waals surface area contributed by atoms with Gasteiger partial charge in [-0.25, -0.2) is 4.79 Å². The van der Waals surface area contributed by atoms with Crippen molar-refractivity contribution in [3.8, 4) is 0 Å². The summed E-state index contributed by atoms with van der Waals surface area (Å²) < 4.78 is 8.44. The van der Waals surface area contributed by atoms with E-state index in [9.17, 15) is 9.59 Å². The summed E-state index contributed by atoms with van der Waals surface area (Å²) >= 11 is 1.05. The number of nitrogens with zero attached hydrogens (tertiary/aromatic N) is 2. The van der Waals surface area contributed by atoms with E-state index in [-0.39, 0.29) is 5.69 Å². The molecular weight excluding hydrogens is 266 g/mol. The Bertz CT molecular complexity index is 382. The van der Waals surface area contributed by atoms with E-state index in [2.05, 4.69) is 21.8 Å². The van der Waals surface area contributed by atoms with Crippen LogP contribution in [0, 0.1) is 0 Å². The van der Waals surface area contributed by atoms with Crippen LogP contribution in [0.5, 0.6) is 0 Å². The third-order valence-corrected chi connectivity index (χ3v) is 3.04. The zero-order chi connectivity index (χ0) is 13.9. The minimum absolute atomic E-state index is 0.126. The Morgan fingerprint density at radius 1 is 1.26 bits per heavy atom. The topological polar surface area (TPSA) is 81.2 Å². The van der Waals surface area contributed by atoms with Crippen LogP contribution in [0.3, 0.4) is 0 Å². The van der Waals surface area contributed by atoms with Crippen LogP contribution in [0.4, 0.5) is 4.79 Å². The Morgan fingerprint density at radius 2 is 2.00 bits per heavy atom. The summed E-state index contributed by atoms with van der Waals surface area (Å²) in [4.78, 5) is 22.7. The molecule has 1 N–H and O–H groups in total. The van der Waals surface area contributed by atoms with E-state index in [1.54, 1.807) is 0 Å². The highest BCUT2D eigenvalue weighted by molar-refractivity contribution is 7.03. The van der Waals surface area contributed by atoms with E-state index in [0.717, 1.165) is 30.8 Å². The average Bonchev–Trinajstić information content (AvgIpc) is 2.91. The molecule has 1 aromatic rings. The molecule has 1 heterocycles. The number of hydrogen-bond donors (Lipinski definition) is 1. The normalized spacial score (nSPS) is 10.2. The molecule has 1 aromatic heterocycles. The molecule has 0 saturated heterocycles. The van der Waals surface area contributed by atoms with Gasteiger partial charge in [-0.1, -0.05) is 43.5 Å². The van der Waals surface area contributed by atoms with Gasteiger partial charge in [0.15, 0.2) is 5.69 Å².